The first-order valence-corrected chi connectivity index (χ1v) is 7.01. The van der Waals surface area contributed by atoms with Gasteiger partial charge in [-0.1, -0.05) is 6.92 Å². The quantitative estimate of drug-likeness (QED) is 0.720. The number of carbonyl (C=O) groups excluding carboxylic acids is 1. The van der Waals surface area contributed by atoms with Crippen LogP contribution in [0.3, 0.4) is 0 Å². The van der Waals surface area contributed by atoms with Crippen molar-refractivity contribution in [2.45, 2.75) is 13.3 Å². The van der Waals surface area contributed by atoms with Crippen molar-refractivity contribution in [3.05, 3.63) is 18.0 Å². The van der Waals surface area contributed by atoms with Crippen LogP contribution in [0.1, 0.15) is 23.7 Å². The van der Waals surface area contributed by atoms with Crippen LogP contribution in [0.25, 0.3) is 0 Å². The lowest BCUT2D eigenvalue weighted by Gasteiger charge is -2.33. The van der Waals surface area contributed by atoms with Gasteiger partial charge in [0.15, 0.2) is 0 Å². The lowest BCUT2D eigenvalue weighted by molar-refractivity contribution is 0.0948. The molecule has 0 bridgehead atoms. The van der Waals surface area contributed by atoms with E-state index in [2.05, 4.69) is 32.2 Å². The Morgan fingerprint density at radius 2 is 2.11 bits per heavy atom. The van der Waals surface area contributed by atoms with Gasteiger partial charge in [0.2, 0.25) is 0 Å². The molecule has 6 heteroatoms. The molecule has 1 aromatic heterocycles. The lowest BCUT2D eigenvalue weighted by atomic mass is 10.3. The Bertz CT molecular complexity index is 370. The predicted molar refractivity (Wildman–Crippen MR) is 74.1 cm³/mol. The zero-order valence-corrected chi connectivity index (χ0v) is 11.6. The number of aromatic amines is 1. The molecular weight excluding hydrogens is 242 g/mol. The molecule has 1 aromatic rings. The van der Waals surface area contributed by atoms with E-state index in [0.717, 1.165) is 52.2 Å². The summed E-state index contributed by atoms with van der Waals surface area (Å²) in [7, 11) is 0. The van der Waals surface area contributed by atoms with E-state index in [1.54, 1.807) is 12.4 Å². The molecule has 0 aromatic carbocycles. The van der Waals surface area contributed by atoms with E-state index in [1.165, 1.54) is 0 Å². The Morgan fingerprint density at radius 3 is 2.74 bits per heavy atom. The number of amides is 1. The molecule has 2 heterocycles. The maximum Gasteiger partial charge on any atom is 0.254 e. The summed E-state index contributed by atoms with van der Waals surface area (Å²) in [5.41, 5.74) is 0.594. The molecule has 19 heavy (non-hydrogen) atoms. The zero-order valence-electron chi connectivity index (χ0n) is 11.6. The first kappa shape index (κ1) is 14.0. The number of piperazine rings is 1. The molecule has 1 amide bonds. The maximum atomic E-state index is 11.6. The van der Waals surface area contributed by atoms with Crippen molar-refractivity contribution < 1.29 is 4.79 Å². The first-order valence-electron chi connectivity index (χ1n) is 7.01. The zero-order chi connectivity index (χ0) is 13.5. The summed E-state index contributed by atoms with van der Waals surface area (Å²) in [6.45, 7) is 9.75. The first-order chi connectivity index (χ1) is 9.29. The Kier molecular flexibility index (Phi) is 5.35. The monoisotopic (exact) mass is 265 g/mol. The van der Waals surface area contributed by atoms with Crippen LogP contribution in [0.5, 0.6) is 0 Å². The van der Waals surface area contributed by atoms with Gasteiger partial charge in [0.25, 0.3) is 5.91 Å². The van der Waals surface area contributed by atoms with Crippen LogP contribution in [0.4, 0.5) is 0 Å². The molecule has 106 valence electrons. The van der Waals surface area contributed by atoms with Gasteiger partial charge in [-0.25, -0.2) is 0 Å². The fourth-order valence-electron chi connectivity index (χ4n) is 2.31. The van der Waals surface area contributed by atoms with E-state index in [-0.39, 0.29) is 5.91 Å². The number of hydrogen-bond acceptors (Lipinski definition) is 4. The highest BCUT2D eigenvalue weighted by Gasteiger charge is 2.14. The van der Waals surface area contributed by atoms with Gasteiger partial charge in [-0.2, -0.15) is 5.10 Å². The predicted octanol–water partition coefficient (Wildman–Crippen LogP) is 0.167. The molecule has 0 atom stereocenters. The summed E-state index contributed by atoms with van der Waals surface area (Å²) in [6, 6.07) is 0. The van der Waals surface area contributed by atoms with Crippen molar-refractivity contribution in [1.82, 2.24) is 25.3 Å². The Labute approximate surface area is 114 Å². The average Bonchev–Trinajstić information content (AvgIpc) is 2.98. The average molecular weight is 265 g/mol. The molecule has 0 spiro atoms. The van der Waals surface area contributed by atoms with Crippen molar-refractivity contribution in [3.8, 4) is 0 Å². The third kappa shape index (κ3) is 4.33. The van der Waals surface area contributed by atoms with Gasteiger partial charge >= 0.3 is 0 Å². The molecular formula is C13H23N5O. The number of nitrogens with one attached hydrogen (secondary N) is 2. The van der Waals surface area contributed by atoms with Gasteiger partial charge < -0.3 is 15.1 Å². The largest absolute Gasteiger partial charge is 0.352 e. The summed E-state index contributed by atoms with van der Waals surface area (Å²) in [5.74, 6) is -0.0513. The van der Waals surface area contributed by atoms with Crippen LogP contribution in [0.2, 0.25) is 0 Å². The third-order valence-corrected chi connectivity index (χ3v) is 3.61. The maximum absolute atomic E-state index is 11.6. The van der Waals surface area contributed by atoms with E-state index in [4.69, 9.17) is 0 Å². The number of H-pyrrole nitrogens is 1. The number of hydrogen-bond donors (Lipinski definition) is 2. The molecule has 0 unspecified atom stereocenters. The second-order valence-corrected chi connectivity index (χ2v) is 4.87. The highest BCUT2D eigenvalue weighted by Crippen LogP contribution is 2.01. The summed E-state index contributed by atoms with van der Waals surface area (Å²) in [4.78, 5) is 16.6. The van der Waals surface area contributed by atoms with E-state index in [0.29, 0.717) is 5.56 Å². The molecule has 6 nitrogen and oxygen atoms in total. The lowest BCUT2D eigenvalue weighted by Crippen LogP contribution is -2.46. The van der Waals surface area contributed by atoms with Crippen LogP contribution in [-0.4, -0.2) is 71.7 Å². The molecule has 1 saturated heterocycles. The van der Waals surface area contributed by atoms with E-state index < -0.39 is 0 Å². The summed E-state index contributed by atoms with van der Waals surface area (Å²) in [6.07, 6.45) is 4.15. The topological polar surface area (TPSA) is 64.3 Å². The van der Waals surface area contributed by atoms with Crippen molar-refractivity contribution >= 4 is 5.91 Å². The van der Waals surface area contributed by atoms with Crippen LogP contribution in [0.15, 0.2) is 12.4 Å². The number of nitrogens with zero attached hydrogens (tertiary/aromatic N) is 3. The molecule has 1 aliphatic rings. The fraction of sp³-hybridized carbons (Fsp3) is 0.692. The van der Waals surface area contributed by atoms with Crippen LogP contribution in [-0.2, 0) is 0 Å². The SMILES string of the molecule is CCN1CCN(CCCNC(=O)c2cn[nH]c2)CC1. The minimum atomic E-state index is -0.0513. The van der Waals surface area contributed by atoms with Gasteiger partial charge in [0, 0.05) is 38.9 Å². The number of carbonyl (C=O) groups is 1. The highest BCUT2D eigenvalue weighted by atomic mass is 16.1. The summed E-state index contributed by atoms with van der Waals surface area (Å²) < 4.78 is 0. The van der Waals surface area contributed by atoms with Crippen LogP contribution < -0.4 is 5.32 Å². The minimum Gasteiger partial charge on any atom is -0.352 e. The smallest absolute Gasteiger partial charge is 0.254 e. The standard InChI is InChI=1S/C13H23N5O/c1-2-17-6-8-18(9-7-17)5-3-4-14-13(19)12-10-15-16-11-12/h10-11H,2-9H2,1H3,(H,14,19)(H,15,16). The van der Waals surface area contributed by atoms with E-state index >= 15 is 0 Å². The Morgan fingerprint density at radius 1 is 1.37 bits per heavy atom. The Balaban J connectivity index is 1.56. The van der Waals surface area contributed by atoms with Crippen LogP contribution in [0, 0.1) is 0 Å². The number of likely N-dealkylation sites (N-methyl/N-ethyl adjacent to an activating group) is 1. The third-order valence-electron chi connectivity index (χ3n) is 3.61. The van der Waals surface area contributed by atoms with E-state index in [1.807, 2.05) is 0 Å². The van der Waals surface area contributed by atoms with Crippen molar-refractivity contribution in [2.75, 3.05) is 45.8 Å². The normalized spacial score (nSPS) is 17.5. The van der Waals surface area contributed by atoms with Gasteiger partial charge in [0.1, 0.15) is 0 Å². The van der Waals surface area contributed by atoms with Crippen molar-refractivity contribution in [1.29, 1.82) is 0 Å². The van der Waals surface area contributed by atoms with Crippen molar-refractivity contribution in [3.63, 3.8) is 0 Å². The van der Waals surface area contributed by atoms with Gasteiger partial charge in [0.05, 0.1) is 11.8 Å². The highest BCUT2D eigenvalue weighted by molar-refractivity contribution is 5.93. The van der Waals surface area contributed by atoms with Gasteiger partial charge in [-0.15, -0.1) is 0 Å². The summed E-state index contributed by atoms with van der Waals surface area (Å²) in [5, 5.41) is 9.31. The molecule has 2 N–H and O–H groups in total. The molecule has 1 aliphatic heterocycles. The minimum absolute atomic E-state index is 0.0513. The number of rotatable bonds is 6. The second kappa shape index (κ2) is 7.25. The summed E-state index contributed by atoms with van der Waals surface area (Å²) >= 11 is 0. The van der Waals surface area contributed by atoms with Gasteiger partial charge in [-0.3, -0.25) is 9.89 Å². The number of aromatic nitrogens is 2. The Hall–Kier alpha value is -1.40. The van der Waals surface area contributed by atoms with Gasteiger partial charge in [-0.05, 0) is 19.5 Å². The van der Waals surface area contributed by atoms with Crippen LogP contribution >= 0.6 is 0 Å². The molecule has 0 saturated carbocycles. The molecule has 2 rings (SSSR count). The molecule has 0 radical (unpaired) electrons. The molecule has 0 aliphatic carbocycles. The fourth-order valence-corrected chi connectivity index (χ4v) is 2.31. The van der Waals surface area contributed by atoms with Crippen molar-refractivity contribution in [2.24, 2.45) is 0 Å². The molecule has 1 fully saturated rings. The van der Waals surface area contributed by atoms with E-state index in [9.17, 15) is 4.79 Å². The second-order valence-electron chi connectivity index (χ2n) is 4.87.